The van der Waals surface area contributed by atoms with E-state index >= 15 is 0 Å². The summed E-state index contributed by atoms with van der Waals surface area (Å²) >= 11 is 6.15. The lowest BCUT2D eigenvalue weighted by Crippen LogP contribution is -2.46. The van der Waals surface area contributed by atoms with Crippen molar-refractivity contribution in [3.05, 3.63) is 0 Å². The van der Waals surface area contributed by atoms with Crippen molar-refractivity contribution in [1.29, 1.82) is 0 Å². The zero-order chi connectivity index (χ0) is 10.1. The fourth-order valence-electron chi connectivity index (χ4n) is 2.32. The number of likely N-dealkylation sites (tertiary alicyclic amines) is 1. The minimum atomic E-state index is -0.0347. The Morgan fingerprint density at radius 3 is 2.21 bits per heavy atom. The van der Waals surface area contributed by atoms with E-state index in [0.717, 1.165) is 25.7 Å². The first-order valence-corrected chi connectivity index (χ1v) is 5.63. The van der Waals surface area contributed by atoms with Crippen LogP contribution in [0.3, 0.4) is 0 Å². The molecule has 1 heterocycles. The molecule has 1 saturated carbocycles. The Hall–Kier alpha value is -0.570. The van der Waals surface area contributed by atoms with Gasteiger partial charge in [0.1, 0.15) is 0 Å². The van der Waals surface area contributed by atoms with E-state index in [9.17, 15) is 9.59 Å². The second-order valence-corrected chi connectivity index (χ2v) is 4.59. The number of amides is 2. The van der Waals surface area contributed by atoms with E-state index in [1.807, 2.05) is 0 Å². The van der Waals surface area contributed by atoms with E-state index < -0.39 is 0 Å². The summed E-state index contributed by atoms with van der Waals surface area (Å²) in [7, 11) is 0. The predicted octanol–water partition coefficient (Wildman–Crippen LogP) is 1.69. The molecule has 0 aromatic carbocycles. The summed E-state index contributed by atoms with van der Waals surface area (Å²) in [6, 6.07) is -0.0343. The lowest BCUT2D eigenvalue weighted by atomic mass is 9.94. The molecule has 0 N–H and O–H groups in total. The number of rotatable bonds is 1. The average Bonchev–Trinajstić information content (AvgIpc) is 2.48. The third-order valence-electron chi connectivity index (χ3n) is 3.07. The van der Waals surface area contributed by atoms with Gasteiger partial charge in [-0.25, -0.2) is 0 Å². The zero-order valence-electron chi connectivity index (χ0n) is 8.04. The van der Waals surface area contributed by atoms with Gasteiger partial charge >= 0.3 is 0 Å². The van der Waals surface area contributed by atoms with Gasteiger partial charge in [0.05, 0.1) is 11.4 Å². The van der Waals surface area contributed by atoms with Gasteiger partial charge in [-0.05, 0) is 12.8 Å². The molecule has 3 nitrogen and oxygen atoms in total. The van der Waals surface area contributed by atoms with E-state index in [4.69, 9.17) is 11.6 Å². The zero-order valence-corrected chi connectivity index (χ0v) is 8.79. The minimum absolute atomic E-state index is 0.0326. The highest BCUT2D eigenvalue weighted by Gasteiger charge is 2.39. The molecule has 2 fully saturated rings. The molecule has 1 aliphatic carbocycles. The Morgan fingerprint density at radius 2 is 1.64 bits per heavy atom. The van der Waals surface area contributed by atoms with Gasteiger partial charge in [-0.1, -0.05) is 12.8 Å². The van der Waals surface area contributed by atoms with Crippen LogP contribution in [0.15, 0.2) is 0 Å². The number of hydrogen-bond donors (Lipinski definition) is 0. The van der Waals surface area contributed by atoms with Crippen LogP contribution >= 0.6 is 11.6 Å². The summed E-state index contributed by atoms with van der Waals surface area (Å²) in [5.74, 6) is -0.0694. The third kappa shape index (κ3) is 1.65. The molecule has 1 saturated heterocycles. The highest BCUT2D eigenvalue weighted by atomic mass is 35.5. The molecule has 2 unspecified atom stereocenters. The summed E-state index contributed by atoms with van der Waals surface area (Å²) in [5, 5.41) is -0.0326. The van der Waals surface area contributed by atoms with Crippen LogP contribution in [-0.2, 0) is 9.59 Å². The molecular weight excluding hydrogens is 202 g/mol. The van der Waals surface area contributed by atoms with Crippen molar-refractivity contribution in [1.82, 2.24) is 4.90 Å². The SMILES string of the molecule is O=C1CCC(=O)N1C1CCCCC1Cl. The standard InChI is InChI=1S/C10H14ClNO2/c11-7-3-1-2-4-8(7)12-9(13)5-6-10(12)14/h7-8H,1-6H2. The second kappa shape index (κ2) is 3.89. The quantitative estimate of drug-likeness (QED) is 0.493. The third-order valence-corrected chi connectivity index (χ3v) is 3.58. The van der Waals surface area contributed by atoms with Gasteiger partial charge in [-0.15, -0.1) is 11.6 Å². The molecule has 2 atom stereocenters. The Balaban J connectivity index is 2.12. The lowest BCUT2D eigenvalue weighted by molar-refractivity contribution is -0.141. The summed E-state index contributed by atoms with van der Waals surface area (Å²) in [6.45, 7) is 0. The van der Waals surface area contributed by atoms with Crippen LogP contribution in [0.2, 0.25) is 0 Å². The van der Waals surface area contributed by atoms with Crippen molar-refractivity contribution >= 4 is 23.4 Å². The monoisotopic (exact) mass is 215 g/mol. The van der Waals surface area contributed by atoms with Crippen molar-refractivity contribution < 1.29 is 9.59 Å². The van der Waals surface area contributed by atoms with Crippen LogP contribution in [-0.4, -0.2) is 28.1 Å². The van der Waals surface area contributed by atoms with E-state index in [0.29, 0.717) is 12.8 Å². The Kier molecular flexibility index (Phi) is 2.77. The van der Waals surface area contributed by atoms with E-state index in [2.05, 4.69) is 0 Å². The molecule has 1 aliphatic heterocycles. The van der Waals surface area contributed by atoms with Crippen molar-refractivity contribution in [3.63, 3.8) is 0 Å². The molecule has 0 aromatic heterocycles. The number of imide groups is 1. The first-order chi connectivity index (χ1) is 6.70. The Morgan fingerprint density at radius 1 is 1.07 bits per heavy atom. The Labute approximate surface area is 88.4 Å². The van der Waals surface area contributed by atoms with E-state index in [1.54, 1.807) is 0 Å². The van der Waals surface area contributed by atoms with Crippen molar-refractivity contribution in [3.8, 4) is 0 Å². The molecule has 2 amide bonds. The molecule has 0 aromatic rings. The van der Waals surface area contributed by atoms with Crippen LogP contribution in [0.1, 0.15) is 38.5 Å². The van der Waals surface area contributed by atoms with Crippen molar-refractivity contribution in [2.45, 2.75) is 49.9 Å². The van der Waals surface area contributed by atoms with Gasteiger partial charge < -0.3 is 0 Å². The number of hydrogen-bond acceptors (Lipinski definition) is 2. The molecule has 78 valence electrons. The number of halogens is 1. The molecule has 2 aliphatic rings. The normalized spacial score (nSPS) is 33.9. The Bertz CT molecular complexity index is 251. The van der Waals surface area contributed by atoms with Crippen LogP contribution in [0.4, 0.5) is 0 Å². The molecule has 14 heavy (non-hydrogen) atoms. The first-order valence-electron chi connectivity index (χ1n) is 5.19. The summed E-state index contributed by atoms with van der Waals surface area (Å²) in [6.07, 6.45) is 4.73. The number of carbonyl (C=O) groups excluding carboxylic acids is 2. The van der Waals surface area contributed by atoms with Crippen LogP contribution in [0.5, 0.6) is 0 Å². The summed E-state index contributed by atoms with van der Waals surface area (Å²) < 4.78 is 0. The largest absolute Gasteiger partial charge is 0.278 e. The fraction of sp³-hybridized carbons (Fsp3) is 0.800. The molecule has 0 spiro atoms. The topological polar surface area (TPSA) is 37.4 Å². The molecular formula is C10H14ClNO2. The smallest absolute Gasteiger partial charge is 0.229 e. The second-order valence-electron chi connectivity index (χ2n) is 4.03. The molecule has 2 rings (SSSR count). The van der Waals surface area contributed by atoms with Gasteiger partial charge in [0.2, 0.25) is 11.8 Å². The fourth-order valence-corrected chi connectivity index (χ4v) is 2.71. The predicted molar refractivity (Wildman–Crippen MR) is 53.0 cm³/mol. The number of nitrogens with zero attached hydrogens (tertiary/aromatic N) is 1. The van der Waals surface area contributed by atoms with Gasteiger partial charge in [0, 0.05) is 12.8 Å². The average molecular weight is 216 g/mol. The van der Waals surface area contributed by atoms with Crippen molar-refractivity contribution in [2.24, 2.45) is 0 Å². The molecule has 0 bridgehead atoms. The van der Waals surface area contributed by atoms with Gasteiger partial charge in [-0.3, -0.25) is 14.5 Å². The molecule has 4 heteroatoms. The number of alkyl halides is 1. The van der Waals surface area contributed by atoms with Crippen LogP contribution in [0.25, 0.3) is 0 Å². The van der Waals surface area contributed by atoms with E-state index in [-0.39, 0.29) is 23.2 Å². The number of carbonyl (C=O) groups is 2. The highest BCUT2D eigenvalue weighted by Crippen LogP contribution is 2.30. The highest BCUT2D eigenvalue weighted by molar-refractivity contribution is 6.21. The van der Waals surface area contributed by atoms with Crippen molar-refractivity contribution in [2.75, 3.05) is 0 Å². The first kappa shape index (κ1) is 9.97. The summed E-state index contributed by atoms with van der Waals surface area (Å²) in [5.41, 5.74) is 0. The van der Waals surface area contributed by atoms with Gasteiger partial charge in [0.25, 0.3) is 0 Å². The maximum Gasteiger partial charge on any atom is 0.229 e. The maximum absolute atomic E-state index is 11.5. The van der Waals surface area contributed by atoms with Gasteiger partial charge in [0.15, 0.2) is 0 Å². The lowest BCUT2D eigenvalue weighted by Gasteiger charge is -2.33. The molecule has 0 radical (unpaired) electrons. The summed E-state index contributed by atoms with van der Waals surface area (Å²) in [4.78, 5) is 24.4. The maximum atomic E-state index is 11.5. The minimum Gasteiger partial charge on any atom is -0.278 e. The van der Waals surface area contributed by atoms with E-state index in [1.165, 1.54) is 4.90 Å². The van der Waals surface area contributed by atoms with Crippen LogP contribution < -0.4 is 0 Å². The van der Waals surface area contributed by atoms with Crippen LogP contribution in [0, 0.1) is 0 Å². The van der Waals surface area contributed by atoms with Gasteiger partial charge in [-0.2, -0.15) is 0 Å².